The van der Waals surface area contributed by atoms with Crippen LogP contribution in [0.1, 0.15) is 25.0 Å². The van der Waals surface area contributed by atoms with E-state index in [-0.39, 0.29) is 0 Å². The highest BCUT2D eigenvalue weighted by atomic mass is 15.0. The Morgan fingerprint density at radius 3 is 3.12 bits per heavy atom. The van der Waals surface area contributed by atoms with E-state index in [1.54, 1.807) is 0 Å². The Balaban J connectivity index is 1.83. The Morgan fingerprint density at radius 1 is 1.50 bits per heavy atom. The molecule has 4 nitrogen and oxygen atoms in total. The summed E-state index contributed by atoms with van der Waals surface area (Å²) in [5, 5.41) is 3.53. The van der Waals surface area contributed by atoms with E-state index < -0.39 is 0 Å². The minimum atomic E-state index is 0.701. The summed E-state index contributed by atoms with van der Waals surface area (Å²) in [6.45, 7) is 0.870. The van der Waals surface area contributed by atoms with Crippen LogP contribution in [0.5, 0.6) is 0 Å². The summed E-state index contributed by atoms with van der Waals surface area (Å²) >= 11 is 0. The van der Waals surface area contributed by atoms with Gasteiger partial charge in [0, 0.05) is 18.8 Å². The molecule has 1 aliphatic carbocycles. The van der Waals surface area contributed by atoms with Crippen LogP contribution in [0.25, 0.3) is 5.65 Å². The number of rotatable bonds is 3. The number of anilines is 1. The largest absolute Gasteiger partial charge is 0.396 e. The molecule has 0 aromatic carbocycles. The lowest BCUT2D eigenvalue weighted by atomic mass is 9.93. The van der Waals surface area contributed by atoms with Crippen molar-refractivity contribution in [2.75, 3.05) is 5.73 Å². The summed E-state index contributed by atoms with van der Waals surface area (Å²) in [5.74, 6) is 0. The Hall–Kier alpha value is -1.55. The predicted molar refractivity (Wildman–Crippen MR) is 64.1 cm³/mol. The molecule has 4 heteroatoms. The standard InChI is InChI=1S/C12H16N4/c13-11-5-2-6-16-10(8-15-12(11)16)7-14-9-3-1-4-9/h2,5-6,8-9,14H,1,3-4,7,13H2. The van der Waals surface area contributed by atoms with Crippen molar-refractivity contribution in [3.63, 3.8) is 0 Å². The van der Waals surface area contributed by atoms with Crippen molar-refractivity contribution < 1.29 is 0 Å². The smallest absolute Gasteiger partial charge is 0.160 e. The fourth-order valence-corrected chi connectivity index (χ4v) is 2.08. The van der Waals surface area contributed by atoms with Crippen molar-refractivity contribution in [3.05, 3.63) is 30.2 Å². The molecule has 0 unspecified atom stereocenters. The van der Waals surface area contributed by atoms with E-state index in [4.69, 9.17) is 5.73 Å². The predicted octanol–water partition coefficient (Wildman–Crippen LogP) is 1.56. The number of hydrogen-bond donors (Lipinski definition) is 2. The van der Waals surface area contributed by atoms with Crippen LogP contribution in [-0.2, 0) is 6.54 Å². The van der Waals surface area contributed by atoms with E-state index >= 15 is 0 Å². The number of nitrogen functional groups attached to an aromatic ring is 1. The first-order valence-corrected chi connectivity index (χ1v) is 5.78. The van der Waals surface area contributed by atoms with Gasteiger partial charge in [-0.25, -0.2) is 4.98 Å². The summed E-state index contributed by atoms with van der Waals surface area (Å²) in [5.41, 5.74) is 8.62. The maximum Gasteiger partial charge on any atom is 0.160 e. The van der Waals surface area contributed by atoms with E-state index in [1.807, 2.05) is 24.5 Å². The molecule has 0 saturated heterocycles. The first kappa shape index (κ1) is 9.66. The second kappa shape index (κ2) is 3.79. The number of nitrogens with two attached hydrogens (primary N) is 1. The fraction of sp³-hybridized carbons (Fsp3) is 0.417. The molecule has 2 heterocycles. The van der Waals surface area contributed by atoms with Gasteiger partial charge in [-0.3, -0.25) is 0 Å². The first-order chi connectivity index (χ1) is 7.84. The van der Waals surface area contributed by atoms with Crippen LogP contribution < -0.4 is 11.1 Å². The summed E-state index contributed by atoms with van der Waals surface area (Å²) in [6.07, 6.45) is 7.88. The molecule has 0 spiro atoms. The maximum atomic E-state index is 5.86. The summed E-state index contributed by atoms with van der Waals surface area (Å²) < 4.78 is 2.06. The van der Waals surface area contributed by atoms with Gasteiger partial charge in [-0.15, -0.1) is 0 Å². The van der Waals surface area contributed by atoms with Gasteiger partial charge in [-0.05, 0) is 25.0 Å². The first-order valence-electron chi connectivity index (χ1n) is 5.78. The molecule has 0 amide bonds. The highest BCUT2D eigenvalue weighted by Gasteiger charge is 2.16. The minimum absolute atomic E-state index is 0.701. The van der Waals surface area contributed by atoms with Gasteiger partial charge in [0.2, 0.25) is 0 Å². The minimum Gasteiger partial charge on any atom is -0.396 e. The van der Waals surface area contributed by atoms with Crippen LogP contribution in [0.4, 0.5) is 5.69 Å². The van der Waals surface area contributed by atoms with E-state index in [0.717, 1.165) is 17.9 Å². The van der Waals surface area contributed by atoms with Crippen molar-refractivity contribution in [1.82, 2.24) is 14.7 Å². The van der Waals surface area contributed by atoms with Gasteiger partial charge in [-0.2, -0.15) is 0 Å². The lowest BCUT2D eigenvalue weighted by Gasteiger charge is -2.26. The van der Waals surface area contributed by atoms with Gasteiger partial charge in [0.25, 0.3) is 0 Å². The lowest BCUT2D eigenvalue weighted by Crippen LogP contribution is -2.34. The Morgan fingerprint density at radius 2 is 2.38 bits per heavy atom. The van der Waals surface area contributed by atoms with E-state index in [2.05, 4.69) is 14.7 Å². The molecule has 1 fully saturated rings. The van der Waals surface area contributed by atoms with Crippen molar-refractivity contribution >= 4 is 11.3 Å². The molecule has 84 valence electrons. The van der Waals surface area contributed by atoms with Gasteiger partial charge in [-0.1, -0.05) is 6.42 Å². The summed E-state index contributed by atoms with van der Waals surface area (Å²) in [7, 11) is 0. The average Bonchev–Trinajstić information content (AvgIpc) is 2.61. The fourth-order valence-electron chi connectivity index (χ4n) is 2.08. The summed E-state index contributed by atoms with van der Waals surface area (Å²) in [4.78, 5) is 4.34. The van der Waals surface area contributed by atoms with Crippen LogP contribution in [0.3, 0.4) is 0 Å². The number of nitrogens with one attached hydrogen (secondary N) is 1. The third-order valence-corrected chi connectivity index (χ3v) is 3.32. The molecule has 0 bridgehead atoms. The van der Waals surface area contributed by atoms with Crippen LogP contribution in [0.2, 0.25) is 0 Å². The molecule has 3 N–H and O–H groups in total. The number of fused-ring (bicyclic) bond motifs is 1. The highest BCUT2D eigenvalue weighted by molar-refractivity contribution is 5.64. The van der Waals surface area contributed by atoms with Gasteiger partial charge in [0.15, 0.2) is 5.65 Å². The van der Waals surface area contributed by atoms with E-state index in [0.29, 0.717) is 6.04 Å². The molecular weight excluding hydrogens is 200 g/mol. The van der Waals surface area contributed by atoms with Gasteiger partial charge < -0.3 is 15.5 Å². The van der Waals surface area contributed by atoms with Crippen LogP contribution in [-0.4, -0.2) is 15.4 Å². The van der Waals surface area contributed by atoms with Gasteiger partial charge >= 0.3 is 0 Å². The quantitative estimate of drug-likeness (QED) is 0.818. The number of hydrogen-bond acceptors (Lipinski definition) is 3. The Bertz CT molecular complexity index is 499. The third kappa shape index (κ3) is 1.55. The molecular formula is C12H16N4. The van der Waals surface area contributed by atoms with Crippen molar-refractivity contribution in [1.29, 1.82) is 0 Å². The molecule has 1 saturated carbocycles. The van der Waals surface area contributed by atoms with Crippen LogP contribution in [0.15, 0.2) is 24.5 Å². The molecule has 2 aromatic rings. The van der Waals surface area contributed by atoms with Gasteiger partial charge in [0.05, 0.1) is 17.6 Å². The monoisotopic (exact) mass is 216 g/mol. The van der Waals surface area contributed by atoms with Crippen molar-refractivity contribution in [3.8, 4) is 0 Å². The SMILES string of the molecule is Nc1cccn2c(CNC3CCC3)cnc12. The van der Waals surface area contributed by atoms with Crippen LogP contribution in [0, 0.1) is 0 Å². The van der Waals surface area contributed by atoms with Gasteiger partial charge in [0.1, 0.15) is 0 Å². The normalized spacial score (nSPS) is 16.5. The number of imidazole rings is 1. The molecule has 1 aliphatic rings. The molecule has 2 aromatic heterocycles. The zero-order valence-electron chi connectivity index (χ0n) is 9.19. The van der Waals surface area contributed by atoms with Crippen LogP contribution >= 0.6 is 0 Å². The number of aromatic nitrogens is 2. The summed E-state index contributed by atoms with van der Waals surface area (Å²) in [6, 6.07) is 4.54. The molecule has 0 atom stereocenters. The lowest BCUT2D eigenvalue weighted by molar-refractivity contribution is 0.336. The zero-order chi connectivity index (χ0) is 11.0. The number of nitrogens with zero attached hydrogens (tertiary/aromatic N) is 2. The van der Waals surface area contributed by atoms with E-state index in [9.17, 15) is 0 Å². The molecule has 0 aliphatic heterocycles. The second-order valence-electron chi connectivity index (χ2n) is 4.42. The van der Waals surface area contributed by atoms with Crippen molar-refractivity contribution in [2.24, 2.45) is 0 Å². The Kier molecular flexibility index (Phi) is 2.29. The second-order valence-corrected chi connectivity index (χ2v) is 4.42. The maximum absolute atomic E-state index is 5.86. The highest BCUT2D eigenvalue weighted by Crippen LogP contribution is 2.19. The van der Waals surface area contributed by atoms with Crippen molar-refractivity contribution in [2.45, 2.75) is 31.8 Å². The molecule has 3 rings (SSSR count). The molecule has 16 heavy (non-hydrogen) atoms. The van der Waals surface area contributed by atoms with E-state index in [1.165, 1.54) is 25.0 Å². The Labute approximate surface area is 94.5 Å². The zero-order valence-corrected chi connectivity index (χ0v) is 9.19. The third-order valence-electron chi connectivity index (χ3n) is 3.32. The topological polar surface area (TPSA) is 55.4 Å². The average molecular weight is 216 g/mol. The molecule has 0 radical (unpaired) electrons. The number of pyridine rings is 1.